The number of anilines is 3. The molecule has 0 aliphatic carbocycles. The van der Waals surface area contributed by atoms with Gasteiger partial charge in [0.1, 0.15) is 11.6 Å². The molecule has 5 rings (SSSR count). The maximum Gasteiger partial charge on any atom is 0.232 e. The standard InChI is InChI=1S/C29H42N6OS/c1-22-8-14-34(15-9-22)25-20-26(35-16-10-23(2)11-17-35)32-27(31-25)33-28(37)30-21-29(12-18-36-19-13-29)24-6-4-3-5-7-24/h3-7,20,22-23H,8-19,21H2,1-2H3,(H2,30,31,32,33,37). The third-order valence-corrected chi connectivity index (χ3v) is 8.81. The number of thiocarbonyl (C=S) groups is 1. The zero-order valence-corrected chi connectivity index (χ0v) is 23.2. The summed E-state index contributed by atoms with van der Waals surface area (Å²) in [5.74, 6) is 4.15. The minimum atomic E-state index is 0.00804. The fraction of sp³-hybridized carbons (Fsp3) is 0.621. The number of hydrogen-bond acceptors (Lipinski definition) is 6. The first-order chi connectivity index (χ1) is 18.0. The van der Waals surface area contributed by atoms with E-state index in [2.05, 4.69) is 70.7 Å². The van der Waals surface area contributed by atoms with Crippen LogP contribution in [0.4, 0.5) is 17.6 Å². The van der Waals surface area contributed by atoms with Gasteiger partial charge in [0.2, 0.25) is 5.95 Å². The monoisotopic (exact) mass is 522 g/mol. The van der Waals surface area contributed by atoms with Crippen LogP contribution < -0.4 is 20.4 Å². The Kier molecular flexibility index (Phi) is 8.45. The average Bonchev–Trinajstić information content (AvgIpc) is 2.93. The Bertz CT molecular complexity index is 988. The number of aromatic nitrogens is 2. The molecule has 8 heteroatoms. The number of rotatable bonds is 6. The van der Waals surface area contributed by atoms with Crippen molar-refractivity contribution in [3.8, 4) is 0 Å². The molecule has 0 saturated carbocycles. The number of piperidine rings is 2. The van der Waals surface area contributed by atoms with Crippen LogP contribution in [0.1, 0.15) is 57.9 Å². The van der Waals surface area contributed by atoms with Gasteiger partial charge in [-0.2, -0.15) is 9.97 Å². The average molecular weight is 523 g/mol. The molecule has 0 atom stereocenters. The molecule has 0 radical (unpaired) electrons. The van der Waals surface area contributed by atoms with Gasteiger partial charge in [0.05, 0.1) is 0 Å². The van der Waals surface area contributed by atoms with Crippen LogP contribution in [-0.4, -0.2) is 61.0 Å². The van der Waals surface area contributed by atoms with Gasteiger partial charge < -0.3 is 25.2 Å². The normalized spacial score (nSPS) is 21.0. The van der Waals surface area contributed by atoms with E-state index in [9.17, 15) is 0 Å². The van der Waals surface area contributed by atoms with E-state index in [1.807, 2.05) is 0 Å². The lowest BCUT2D eigenvalue weighted by molar-refractivity contribution is 0.0515. The van der Waals surface area contributed by atoms with Crippen LogP contribution in [0.25, 0.3) is 0 Å². The SMILES string of the molecule is CC1CCN(c2cc(N3CCC(C)CC3)nc(NC(=S)NCC3(c4ccccc4)CCOCC3)n2)CC1. The lowest BCUT2D eigenvalue weighted by Crippen LogP contribution is -2.45. The second-order valence-corrected chi connectivity index (χ2v) is 11.7. The van der Waals surface area contributed by atoms with Crippen LogP contribution in [0.15, 0.2) is 36.4 Å². The molecule has 0 spiro atoms. The third-order valence-electron chi connectivity index (χ3n) is 8.56. The van der Waals surface area contributed by atoms with E-state index < -0.39 is 0 Å². The molecule has 3 saturated heterocycles. The first kappa shape index (κ1) is 26.2. The molecule has 7 nitrogen and oxygen atoms in total. The van der Waals surface area contributed by atoms with Gasteiger partial charge in [0.25, 0.3) is 0 Å². The van der Waals surface area contributed by atoms with Gasteiger partial charge in [-0.05, 0) is 68.1 Å². The van der Waals surface area contributed by atoms with E-state index in [0.29, 0.717) is 11.1 Å². The van der Waals surface area contributed by atoms with Crippen molar-refractivity contribution < 1.29 is 4.74 Å². The Morgan fingerprint density at radius 1 is 0.919 bits per heavy atom. The number of ether oxygens (including phenoxy) is 1. The van der Waals surface area contributed by atoms with Gasteiger partial charge in [0.15, 0.2) is 5.11 Å². The zero-order chi connectivity index (χ0) is 25.7. The summed E-state index contributed by atoms with van der Waals surface area (Å²) in [7, 11) is 0. The summed E-state index contributed by atoms with van der Waals surface area (Å²) >= 11 is 5.77. The summed E-state index contributed by atoms with van der Waals surface area (Å²) in [4.78, 5) is 14.7. The first-order valence-electron chi connectivity index (χ1n) is 14.1. The lowest BCUT2D eigenvalue weighted by Gasteiger charge is -2.38. The van der Waals surface area contributed by atoms with Crippen LogP contribution in [0, 0.1) is 11.8 Å². The van der Waals surface area contributed by atoms with Crippen LogP contribution in [0.5, 0.6) is 0 Å². The largest absolute Gasteiger partial charge is 0.381 e. The molecule has 3 fully saturated rings. The molecule has 0 bridgehead atoms. The highest BCUT2D eigenvalue weighted by atomic mass is 32.1. The maximum absolute atomic E-state index is 5.77. The molecule has 0 unspecified atom stereocenters. The second-order valence-electron chi connectivity index (χ2n) is 11.3. The minimum Gasteiger partial charge on any atom is -0.381 e. The van der Waals surface area contributed by atoms with E-state index >= 15 is 0 Å². The molecule has 2 aromatic rings. The summed E-state index contributed by atoms with van der Waals surface area (Å²) < 4.78 is 5.70. The van der Waals surface area contributed by atoms with Gasteiger partial charge in [-0.25, -0.2) is 0 Å². The molecule has 0 amide bonds. The lowest BCUT2D eigenvalue weighted by atomic mass is 9.74. The molecule has 4 heterocycles. The van der Waals surface area contributed by atoms with Gasteiger partial charge in [-0.15, -0.1) is 0 Å². The molecule has 200 valence electrons. The Hall–Kier alpha value is -2.45. The van der Waals surface area contributed by atoms with Gasteiger partial charge in [-0.1, -0.05) is 44.2 Å². The van der Waals surface area contributed by atoms with Gasteiger partial charge in [0, 0.05) is 57.4 Å². The molecule has 1 aromatic carbocycles. The highest BCUT2D eigenvalue weighted by Gasteiger charge is 2.34. The van der Waals surface area contributed by atoms with Crippen LogP contribution in [0.3, 0.4) is 0 Å². The van der Waals surface area contributed by atoms with Crippen LogP contribution in [-0.2, 0) is 10.2 Å². The summed E-state index contributed by atoms with van der Waals surface area (Å²) in [6.45, 7) is 11.1. The van der Waals surface area contributed by atoms with Crippen molar-refractivity contribution in [2.75, 3.05) is 61.1 Å². The third kappa shape index (κ3) is 6.52. The summed E-state index contributed by atoms with van der Waals surface area (Å²) in [5, 5.41) is 7.42. The fourth-order valence-electron chi connectivity index (χ4n) is 5.79. The van der Waals surface area contributed by atoms with Crippen molar-refractivity contribution >= 4 is 34.9 Å². The number of hydrogen-bond donors (Lipinski definition) is 2. The van der Waals surface area contributed by atoms with E-state index in [1.54, 1.807) is 0 Å². The van der Waals surface area contributed by atoms with Crippen molar-refractivity contribution in [2.45, 2.75) is 57.8 Å². The van der Waals surface area contributed by atoms with Crippen LogP contribution in [0.2, 0.25) is 0 Å². The number of nitrogens with zero attached hydrogens (tertiary/aromatic N) is 4. The molecule has 3 aliphatic rings. The van der Waals surface area contributed by atoms with Crippen molar-refractivity contribution in [1.82, 2.24) is 15.3 Å². The fourth-order valence-corrected chi connectivity index (χ4v) is 5.96. The molecular weight excluding hydrogens is 480 g/mol. The van der Waals surface area contributed by atoms with Crippen molar-refractivity contribution in [2.24, 2.45) is 11.8 Å². The molecule has 3 aliphatic heterocycles. The summed E-state index contributed by atoms with van der Waals surface area (Å²) in [6.07, 6.45) is 6.76. The summed E-state index contributed by atoms with van der Waals surface area (Å²) in [6, 6.07) is 12.9. The highest BCUT2D eigenvalue weighted by molar-refractivity contribution is 7.80. The van der Waals surface area contributed by atoms with Crippen molar-refractivity contribution in [3.63, 3.8) is 0 Å². The van der Waals surface area contributed by atoms with Crippen LogP contribution >= 0.6 is 12.2 Å². The predicted molar refractivity (Wildman–Crippen MR) is 156 cm³/mol. The van der Waals surface area contributed by atoms with E-state index in [0.717, 1.165) is 82.3 Å². The Morgan fingerprint density at radius 2 is 1.46 bits per heavy atom. The second kappa shape index (κ2) is 11.9. The number of benzene rings is 1. The Morgan fingerprint density at radius 3 is 2.00 bits per heavy atom. The molecule has 2 N–H and O–H groups in total. The number of nitrogens with one attached hydrogen (secondary N) is 2. The molecule has 37 heavy (non-hydrogen) atoms. The minimum absolute atomic E-state index is 0.00804. The molecular formula is C29H42N6OS. The topological polar surface area (TPSA) is 65.5 Å². The Balaban J connectivity index is 1.31. The first-order valence-corrected chi connectivity index (χ1v) is 14.5. The Labute approximate surface area is 227 Å². The van der Waals surface area contributed by atoms with Gasteiger partial charge in [-0.3, -0.25) is 0 Å². The van der Waals surface area contributed by atoms with E-state index in [4.69, 9.17) is 26.9 Å². The van der Waals surface area contributed by atoms with E-state index in [1.165, 1.54) is 31.2 Å². The van der Waals surface area contributed by atoms with Crippen molar-refractivity contribution in [1.29, 1.82) is 0 Å². The zero-order valence-electron chi connectivity index (χ0n) is 22.4. The maximum atomic E-state index is 5.77. The van der Waals surface area contributed by atoms with Crippen molar-refractivity contribution in [3.05, 3.63) is 42.0 Å². The molecule has 1 aromatic heterocycles. The predicted octanol–water partition coefficient (Wildman–Crippen LogP) is 4.98. The smallest absolute Gasteiger partial charge is 0.232 e. The quantitative estimate of drug-likeness (QED) is 0.515. The van der Waals surface area contributed by atoms with E-state index in [-0.39, 0.29) is 5.41 Å². The highest BCUT2D eigenvalue weighted by Crippen LogP contribution is 2.34. The summed E-state index contributed by atoms with van der Waals surface area (Å²) in [5.41, 5.74) is 1.35. The van der Waals surface area contributed by atoms with Gasteiger partial charge >= 0.3 is 0 Å².